The summed E-state index contributed by atoms with van der Waals surface area (Å²) in [5.41, 5.74) is 10.2. The molecule has 13 heteroatoms. The average Bonchev–Trinajstić information content (AvgIpc) is 3.02. The first kappa shape index (κ1) is 33.4. The second-order valence-electron chi connectivity index (χ2n) is 9.70. The van der Waals surface area contributed by atoms with E-state index in [9.17, 15) is 24.0 Å². The highest BCUT2D eigenvalue weighted by molar-refractivity contribution is 5.89. The Morgan fingerprint density at radius 2 is 0.952 bits per heavy atom. The van der Waals surface area contributed by atoms with Crippen molar-refractivity contribution < 1.29 is 33.4 Å². The average molecular weight is 585 g/mol. The summed E-state index contributed by atoms with van der Waals surface area (Å²) < 4.78 is 10.4. The SMILES string of the molecule is CCC(C)C(NC(=O)OCc1ccccc1)C(=O)NNC(=O)NNC(=O)C(NC(=O)OCc1ccccc1)C(C)CC. The predicted molar refractivity (Wildman–Crippen MR) is 154 cm³/mol. The van der Waals surface area contributed by atoms with Gasteiger partial charge in [0.05, 0.1) is 0 Å². The highest BCUT2D eigenvalue weighted by Crippen LogP contribution is 2.10. The van der Waals surface area contributed by atoms with Crippen LogP contribution in [0.15, 0.2) is 60.7 Å². The predicted octanol–water partition coefficient (Wildman–Crippen LogP) is 3.03. The van der Waals surface area contributed by atoms with Gasteiger partial charge < -0.3 is 20.1 Å². The normalized spacial score (nSPS) is 13.2. The number of hydrogen-bond donors (Lipinski definition) is 6. The molecule has 0 saturated heterocycles. The lowest BCUT2D eigenvalue weighted by atomic mass is 9.99. The van der Waals surface area contributed by atoms with E-state index in [0.717, 1.165) is 11.1 Å². The molecule has 13 nitrogen and oxygen atoms in total. The molecule has 0 heterocycles. The highest BCUT2D eigenvalue weighted by Gasteiger charge is 2.28. The Labute approximate surface area is 245 Å². The molecule has 0 aliphatic heterocycles. The van der Waals surface area contributed by atoms with E-state index in [1.54, 1.807) is 38.1 Å². The zero-order valence-electron chi connectivity index (χ0n) is 24.3. The number of benzene rings is 2. The Hall–Kier alpha value is -4.81. The van der Waals surface area contributed by atoms with E-state index in [-0.39, 0.29) is 25.0 Å². The van der Waals surface area contributed by atoms with Gasteiger partial charge in [-0.25, -0.2) is 25.2 Å². The standard InChI is InChI=1S/C29H40N6O7/c1-5-19(3)23(30-28(39)41-17-21-13-9-7-10-14-21)25(36)32-34-27(38)35-33-26(37)24(20(4)6-2)31-29(40)42-18-22-15-11-8-12-16-22/h7-16,19-20,23-24H,5-6,17-18H2,1-4H3,(H,30,39)(H,31,40)(H,32,36)(H,33,37)(H2,34,35,38). The van der Waals surface area contributed by atoms with Crippen molar-refractivity contribution in [2.75, 3.05) is 0 Å². The molecule has 0 aliphatic carbocycles. The molecule has 4 atom stereocenters. The van der Waals surface area contributed by atoms with Crippen LogP contribution >= 0.6 is 0 Å². The third-order valence-electron chi connectivity index (χ3n) is 6.56. The quantitative estimate of drug-likeness (QED) is 0.208. The minimum absolute atomic E-state index is 0.0269. The monoisotopic (exact) mass is 584 g/mol. The number of carbonyl (C=O) groups excluding carboxylic acids is 5. The fourth-order valence-electron chi connectivity index (χ4n) is 3.61. The van der Waals surface area contributed by atoms with Crippen LogP contribution in [0.4, 0.5) is 14.4 Å². The van der Waals surface area contributed by atoms with Gasteiger partial charge in [0.15, 0.2) is 0 Å². The van der Waals surface area contributed by atoms with Crippen LogP contribution < -0.4 is 32.3 Å². The van der Waals surface area contributed by atoms with Crippen LogP contribution in [0.5, 0.6) is 0 Å². The van der Waals surface area contributed by atoms with Crippen molar-refractivity contribution in [3.05, 3.63) is 71.8 Å². The Balaban J connectivity index is 1.83. The molecule has 2 rings (SSSR count). The van der Waals surface area contributed by atoms with Crippen LogP contribution in [0, 0.1) is 11.8 Å². The smallest absolute Gasteiger partial charge is 0.408 e. The Kier molecular flexibility index (Phi) is 14.1. The van der Waals surface area contributed by atoms with Gasteiger partial charge >= 0.3 is 18.2 Å². The van der Waals surface area contributed by atoms with Crippen LogP contribution in [-0.4, -0.2) is 42.1 Å². The fraction of sp³-hybridized carbons (Fsp3) is 0.414. The topological polar surface area (TPSA) is 176 Å². The van der Waals surface area contributed by atoms with Crippen molar-refractivity contribution in [1.29, 1.82) is 0 Å². The van der Waals surface area contributed by atoms with E-state index in [4.69, 9.17) is 9.47 Å². The first-order valence-electron chi connectivity index (χ1n) is 13.7. The maximum absolute atomic E-state index is 12.7. The molecule has 0 radical (unpaired) electrons. The van der Waals surface area contributed by atoms with Gasteiger partial charge in [-0.15, -0.1) is 0 Å². The number of ether oxygens (including phenoxy) is 2. The summed E-state index contributed by atoms with van der Waals surface area (Å²) >= 11 is 0. The zero-order valence-corrected chi connectivity index (χ0v) is 24.3. The van der Waals surface area contributed by atoms with Crippen molar-refractivity contribution >= 4 is 30.0 Å². The van der Waals surface area contributed by atoms with Crippen molar-refractivity contribution in [1.82, 2.24) is 32.3 Å². The third kappa shape index (κ3) is 11.7. The first-order valence-corrected chi connectivity index (χ1v) is 13.7. The molecule has 2 aromatic carbocycles. The molecule has 0 bridgehead atoms. The summed E-state index contributed by atoms with van der Waals surface area (Å²) in [6, 6.07) is 15.2. The number of carbonyl (C=O) groups is 5. The van der Waals surface area contributed by atoms with Crippen LogP contribution in [0.25, 0.3) is 0 Å². The molecule has 2 aromatic rings. The van der Waals surface area contributed by atoms with E-state index in [1.807, 2.05) is 50.2 Å². The molecule has 0 aromatic heterocycles. The van der Waals surface area contributed by atoms with Crippen LogP contribution in [0.3, 0.4) is 0 Å². The molecule has 0 saturated carbocycles. The number of hydrogen-bond acceptors (Lipinski definition) is 7. The van der Waals surface area contributed by atoms with Crippen molar-refractivity contribution in [3.63, 3.8) is 0 Å². The van der Waals surface area contributed by atoms with Crippen LogP contribution in [0.2, 0.25) is 0 Å². The second-order valence-corrected chi connectivity index (χ2v) is 9.70. The Morgan fingerprint density at radius 3 is 1.29 bits per heavy atom. The van der Waals surface area contributed by atoms with Gasteiger partial charge in [0.1, 0.15) is 25.3 Å². The number of alkyl carbamates (subject to hydrolysis) is 2. The highest BCUT2D eigenvalue weighted by atomic mass is 16.6. The molecule has 0 spiro atoms. The van der Waals surface area contributed by atoms with Crippen LogP contribution in [0.1, 0.15) is 51.7 Å². The third-order valence-corrected chi connectivity index (χ3v) is 6.56. The molecular weight excluding hydrogens is 544 g/mol. The van der Waals surface area contributed by atoms with Gasteiger partial charge in [0.25, 0.3) is 11.8 Å². The van der Waals surface area contributed by atoms with Gasteiger partial charge in [-0.2, -0.15) is 0 Å². The lowest BCUT2D eigenvalue weighted by Crippen LogP contribution is -2.60. The maximum Gasteiger partial charge on any atom is 0.408 e. The summed E-state index contributed by atoms with van der Waals surface area (Å²) in [7, 11) is 0. The van der Waals surface area contributed by atoms with Gasteiger partial charge in [-0.3, -0.25) is 20.4 Å². The summed E-state index contributed by atoms with van der Waals surface area (Å²) in [6.45, 7) is 7.26. The Morgan fingerprint density at radius 1 is 0.595 bits per heavy atom. The number of nitrogens with one attached hydrogen (secondary N) is 6. The number of urea groups is 1. The molecule has 42 heavy (non-hydrogen) atoms. The van der Waals surface area contributed by atoms with Crippen molar-refractivity contribution in [2.45, 2.75) is 65.8 Å². The maximum atomic E-state index is 12.7. The fourth-order valence-corrected chi connectivity index (χ4v) is 3.61. The van der Waals surface area contributed by atoms with Gasteiger partial charge in [0, 0.05) is 0 Å². The molecule has 228 valence electrons. The number of hydrazine groups is 2. The van der Waals surface area contributed by atoms with Crippen LogP contribution in [-0.2, 0) is 32.3 Å². The summed E-state index contributed by atoms with van der Waals surface area (Å²) in [5.74, 6) is -1.96. The molecule has 6 amide bonds. The minimum Gasteiger partial charge on any atom is -0.445 e. The van der Waals surface area contributed by atoms with Gasteiger partial charge in [0.2, 0.25) is 0 Å². The van der Waals surface area contributed by atoms with E-state index < -0.39 is 42.1 Å². The minimum atomic E-state index is -1.01. The largest absolute Gasteiger partial charge is 0.445 e. The number of rotatable bonds is 12. The molecular formula is C29H40N6O7. The summed E-state index contributed by atoms with van der Waals surface area (Å²) in [6.07, 6.45) is -0.474. The van der Waals surface area contributed by atoms with E-state index >= 15 is 0 Å². The summed E-state index contributed by atoms with van der Waals surface area (Å²) in [4.78, 5) is 62.4. The van der Waals surface area contributed by atoms with Gasteiger partial charge in [-0.1, -0.05) is 101 Å². The number of amides is 6. The zero-order chi connectivity index (χ0) is 30.9. The molecule has 0 fully saturated rings. The van der Waals surface area contributed by atoms with Crippen molar-refractivity contribution in [3.8, 4) is 0 Å². The van der Waals surface area contributed by atoms with Gasteiger partial charge in [-0.05, 0) is 23.0 Å². The lowest BCUT2D eigenvalue weighted by molar-refractivity contribution is -0.125. The lowest BCUT2D eigenvalue weighted by Gasteiger charge is -2.24. The molecule has 0 aliphatic rings. The van der Waals surface area contributed by atoms with E-state index in [2.05, 4.69) is 32.3 Å². The first-order chi connectivity index (χ1) is 20.1. The Bertz CT molecular complexity index is 1080. The summed E-state index contributed by atoms with van der Waals surface area (Å²) in [5, 5.41) is 5.04. The van der Waals surface area contributed by atoms with E-state index in [0.29, 0.717) is 12.8 Å². The molecule has 4 unspecified atom stereocenters. The van der Waals surface area contributed by atoms with Crippen molar-refractivity contribution in [2.24, 2.45) is 11.8 Å². The second kappa shape index (κ2) is 17.8. The van der Waals surface area contributed by atoms with E-state index in [1.165, 1.54) is 0 Å². The molecule has 6 N–H and O–H groups in total.